The normalized spacial score (nSPS) is 12.7. The fourth-order valence-electron chi connectivity index (χ4n) is 2.74. The number of benzene rings is 2. The molecular weight excluding hydrogens is 294 g/mol. The maximum atomic E-state index is 12.8. The lowest BCUT2D eigenvalue weighted by molar-refractivity contribution is 0.0955. The molecule has 5 nitrogen and oxygen atoms in total. The third-order valence-electron chi connectivity index (χ3n) is 3.91. The van der Waals surface area contributed by atoms with Gasteiger partial charge < -0.3 is 9.26 Å². The number of nitrogens with zero attached hydrogens (tertiary/aromatic N) is 1. The highest BCUT2D eigenvalue weighted by Crippen LogP contribution is 2.34. The lowest BCUT2D eigenvalue weighted by Crippen LogP contribution is -2.19. The lowest BCUT2D eigenvalue weighted by atomic mass is 9.86. The van der Waals surface area contributed by atoms with Crippen LogP contribution in [0.25, 0.3) is 11.3 Å². The van der Waals surface area contributed by atoms with Crippen molar-refractivity contribution < 1.29 is 18.8 Å². The summed E-state index contributed by atoms with van der Waals surface area (Å²) in [6, 6.07) is 13.8. The van der Waals surface area contributed by atoms with Crippen LogP contribution in [0.5, 0.6) is 5.75 Å². The van der Waals surface area contributed by atoms with Gasteiger partial charge in [-0.25, -0.2) is 0 Å². The second kappa shape index (κ2) is 4.91. The Morgan fingerprint density at radius 3 is 2.22 bits per heavy atom. The summed E-state index contributed by atoms with van der Waals surface area (Å²) in [5.74, 6) is 0.128. The van der Waals surface area contributed by atoms with Gasteiger partial charge in [0.2, 0.25) is 11.5 Å². The standard InChI is InChI=1S/C18H11NO4/c1-22-11-8-6-10(7-9-11)15-14-16(20)12-4-2-3-5-13(12)17(21)18(14)23-19-15/h2-9H,1H3. The molecule has 0 unspecified atom stereocenters. The molecule has 0 bridgehead atoms. The van der Waals surface area contributed by atoms with Gasteiger partial charge in [0, 0.05) is 16.7 Å². The molecule has 0 amide bonds. The highest BCUT2D eigenvalue weighted by Gasteiger charge is 2.36. The fourth-order valence-corrected chi connectivity index (χ4v) is 2.74. The van der Waals surface area contributed by atoms with E-state index in [1.165, 1.54) is 0 Å². The Morgan fingerprint density at radius 1 is 0.913 bits per heavy atom. The van der Waals surface area contributed by atoms with E-state index in [1.54, 1.807) is 55.6 Å². The fraction of sp³-hybridized carbons (Fsp3) is 0.0556. The number of hydrogen-bond acceptors (Lipinski definition) is 5. The number of aromatic nitrogens is 1. The first kappa shape index (κ1) is 13.5. The first-order valence-electron chi connectivity index (χ1n) is 7.03. The molecule has 0 saturated carbocycles. The van der Waals surface area contributed by atoms with Crippen LogP contribution < -0.4 is 4.74 Å². The molecule has 0 aliphatic heterocycles. The van der Waals surface area contributed by atoms with Crippen molar-refractivity contribution in [2.45, 2.75) is 0 Å². The average molecular weight is 305 g/mol. The number of methoxy groups -OCH3 is 1. The predicted octanol–water partition coefficient (Wildman–Crippen LogP) is 3.13. The van der Waals surface area contributed by atoms with Gasteiger partial charge in [0.05, 0.1) is 7.11 Å². The molecule has 112 valence electrons. The van der Waals surface area contributed by atoms with Crippen LogP contribution in [0.3, 0.4) is 0 Å². The summed E-state index contributed by atoms with van der Waals surface area (Å²) in [6.07, 6.45) is 0. The summed E-state index contributed by atoms with van der Waals surface area (Å²) in [4.78, 5) is 25.2. The van der Waals surface area contributed by atoms with Gasteiger partial charge in [0.1, 0.15) is 17.0 Å². The van der Waals surface area contributed by atoms with Gasteiger partial charge in [-0.15, -0.1) is 0 Å². The summed E-state index contributed by atoms with van der Waals surface area (Å²) in [6.45, 7) is 0. The highest BCUT2D eigenvalue weighted by molar-refractivity contribution is 6.29. The van der Waals surface area contributed by atoms with E-state index in [4.69, 9.17) is 9.26 Å². The van der Waals surface area contributed by atoms with Crippen molar-refractivity contribution in [3.8, 4) is 17.0 Å². The Labute approximate surface area is 131 Å². The van der Waals surface area contributed by atoms with Gasteiger partial charge in [0.25, 0.3) is 0 Å². The van der Waals surface area contributed by atoms with Crippen molar-refractivity contribution in [1.82, 2.24) is 5.16 Å². The van der Waals surface area contributed by atoms with Gasteiger partial charge >= 0.3 is 0 Å². The van der Waals surface area contributed by atoms with Crippen LogP contribution in [0.2, 0.25) is 0 Å². The van der Waals surface area contributed by atoms with E-state index in [0.29, 0.717) is 28.1 Å². The van der Waals surface area contributed by atoms with Gasteiger partial charge in [-0.3, -0.25) is 9.59 Å². The molecule has 0 spiro atoms. The van der Waals surface area contributed by atoms with Crippen LogP contribution in [0, 0.1) is 0 Å². The van der Waals surface area contributed by atoms with Crippen molar-refractivity contribution >= 4 is 11.6 Å². The topological polar surface area (TPSA) is 69.4 Å². The summed E-state index contributed by atoms with van der Waals surface area (Å²) in [5.41, 5.74) is 2.01. The Hall–Kier alpha value is -3.21. The zero-order valence-corrected chi connectivity index (χ0v) is 12.2. The number of carbonyl (C=O) groups excluding carboxylic acids is 2. The molecule has 4 rings (SSSR count). The molecule has 1 aromatic heterocycles. The predicted molar refractivity (Wildman–Crippen MR) is 81.8 cm³/mol. The minimum atomic E-state index is -0.317. The first-order chi connectivity index (χ1) is 11.2. The largest absolute Gasteiger partial charge is 0.497 e. The zero-order chi connectivity index (χ0) is 16.0. The van der Waals surface area contributed by atoms with Crippen LogP contribution in [0.1, 0.15) is 32.0 Å². The number of rotatable bonds is 2. The van der Waals surface area contributed by atoms with Crippen LogP contribution >= 0.6 is 0 Å². The molecule has 0 atom stereocenters. The molecule has 1 aliphatic rings. The van der Waals surface area contributed by atoms with Crippen molar-refractivity contribution in [2.75, 3.05) is 7.11 Å². The summed E-state index contributed by atoms with van der Waals surface area (Å²) < 4.78 is 10.3. The van der Waals surface area contributed by atoms with E-state index >= 15 is 0 Å². The Kier molecular flexibility index (Phi) is 2.87. The third-order valence-corrected chi connectivity index (χ3v) is 3.91. The molecule has 5 heteroatoms. The van der Waals surface area contributed by atoms with Gasteiger partial charge in [-0.05, 0) is 24.3 Å². The van der Waals surface area contributed by atoms with E-state index in [-0.39, 0.29) is 22.9 Å². The van der Waals surface area contributed by atoms with E-state index in [1.807, 2.05) is 0 Å². The van der Waals surface area contributed by atoms with Crippen molar-refractivity contribution in [3.63, 3.8) is 0 Å². The number of hydrogen-bond donors (Lipinski definition) is 0. The van der Waals surface area contributed by atoms with E-state index in [9.17, 15) is 9.59 Å². The van der Waals surface area contributed by atoms with Crippen LogP contribution in [-0.4, -0.2) is 23.8 Å². The maximum absolute atomic E-state index is 12.8. The summed E-state index contributed by atoms with van der Waals surface area (Å²) in [7, 11) is 1.58. The Morgan fingerprint density at radius 2 is 1.57 bits per heavy atom. The zero-order valence-electron chi connectivity index (χ0n) is 12.2. The molecule has 2 aromatic carbocycles. The van der Waals surface area contributed by atoms with E-state index in [0.717, 1.165) is 0 Å². The molecule has 0 saturated heterocycles. The Balaban J connectivity index is 1.89. The lowest BCUT2D eigenvalue weighted by Gasteiger charge is -2.12. The van der Waals surface area contributed by atoms with Gasteiger partial charge in [0.15, 0.2) is 5.78 Å². The second-order valence-electron chi connectivity index (χ2n) is 5.17. The highest BCUT2D eigenvalue weighted by atomic mass is 16.5. The molecule has 0 fully saturated rings. The van der Waals surface area contributed by atoms with E-state index < -0.39 is 0 Å². The van der Waals surface area contributed by atoms with Crippen molar-refractivity contribution in [3.05, 3.63) is 71.0 Å². The molecule has 0 N–H and O–H groups in total. The van der Waals surface area contributed by atoms with Crippen LogP contribution in [-0.2, 0) is 0 Å². The average Bonchev–Trinajstić information content (AvgIpc) is 3.05. The molecule has 23 heavy (non-hydrogen) atoms. The summed E-state index contributed by atoms with van der Waals surface area (Å²) >= 11 is 0. The molecule has 3 aromatic rings. The van der Waals surface area contributed by atoms with E-state index in [2.05, 4.69) is 5.16 Å². The molecule has 1 aliphatic carbocycles. The van der Waals surface area contributed by atoms with Crippen LogP contribution in [0.4, 0.5) is 0 Å². The van der Waals surface area contributed by atoms with Crippen molar-refractivity contribution in [2.24, 2.45) is 0 Å². The molecule has 0 radical (unpaired) electrons. The number of ether oxygens (including phenoxy) is 1. The first-order valence-corrected chi connectivity index (χ1v) is 7.03. The number of carbonyl (C=O) groups is 2. The molecule has 1 heterocycles. The minimum Gasteiger partial charge on any atom is -0.497 e. The monoisotopic (exact) mass is 305 g/mol. The Bertz CT molecular complexity index is 938. The van der Waals surface area contributed by atoms with Gasteiger partial charge in [-0.2, -0.15) is 0 Å². The van der Waals surface area contributed by atoms with Gasteiger partial charge in [-0.1, -0.05) is 29.4 Å². The SMILES string of the molecule is COc1ccc(-c2noc3c2C(=O)c2ccccc2C3=O)cc1. The van der Waals surface area contributed by atoms with Crippen molar-refractivity contribution in [1.29, 1.82) is 0 Å². The quantitative estimate of drug-likeness (QED) is 0.569. The number of ketones is 2. The summed E-state index contributed by atoms with van der Waals surface area (Å²) in [5, 5.41) is 3.95. The smallest absolute Gasteiger partial charge is 0.232 e. The second-order valence-corrected chi connectivity index (χ2v) is 5.17. The minimum absolute atomic E-state index is 0.000446. The number of fused-ring (bicyclic) bond motifs is 2. The maximum Gasteiger partial charge on any atom is 0.232 e. The third kappa shape index (κ3) is 1.90. The molecular formula is C18H11NO4. The van der Waals surface area contributed by atoms with Crippen LogP contribution in [0.15, 0.2) is 53.1 Å².